The number of fused-ring (bicyclic) bond motifs is 2. The fourth-order valence-electron chi connectivity index (χ4n) is 3.71. The smallest absolute Gasteiger partial charge is 0.387 e. The summed E-state index contributed by atoms with van der Waals surface area (Å²) in [5.74, 6) is -0.330. The molecular weight excluding hydrogens is 470 g/mol. The van der Waals surface area contributed by atoms with Gasteiger partial charge in [0.25, 0.3) is 5.91 Å². The summed E-state index contributed by atoms with van der Waals surface area (Å²) in [7, 11) is 1.62. The van der Waals surface area contributed by atoms with Crippen molar-refractivity contribution in [1.82, 2.24) is 30.0 Å². The average Bonchev–Trinajstić information content (AvgIpc) is 3.38. The number of rotatable bonds is 7. The van der Waals surface area contributed by atoms with E-state index in [1.54, 1.807) is 30.2 Å². The third kappa shape index (κ3) is 5.16. The molecule has 3 heterocycles. The topological polar surface area (TPSA) is 136 Å². The number of nitrogens with one attached hydrogen (secondary N) is 2. The van der Waals surface area contributed by atoms with Crippen LogP contribution in [0.3, 0.4) is 0 Å². The number of hydrogen-bond acceptors (Lipinski definition) is 7. The Hall–Kier alpha value is -4.35. The number of carbonyl (C=O) groups is 1. The Balaban J connectivity index is 1.86. The molecule has 0 unspecified atom stereocenters. The fraction of sp³-hybridized carbons (Fsp3) is 0.292. The Morgan fingerprint density at radius 3 is 2.81 bits per heavy atom. The number of amides is 1. The quantitative estimate of drug-likeness (QED) is 0.334. The van der Waals surface area contributed by atoms with Gasteiger partial charge in [0, 0.05) is 42.2 Å². The van der Waals surface area contributed by atoms with Crippen LogP contribution in [0, 0.1) is 0 Å². The van der Waals surface area contributed by atoms with Crippen LogP contribution in [0.1, 0.15) is 31.1 Å². The number of aliphatic imine (C=N–C) groups is 1. The van der Waals surface area contributed by atoms with Crippen LogP contribution < -0.4 is 15.8 Å². The molecule has 0 saturated carbocycles. The predicted octanol–water partition coefficient (Wildman–Crippen LogP) is 3.65. The molecule has 0 atom stereocenters. The van der Waals surface area contributed by atoms with Crippen LogP contribution in [0.4, 0.5) is 8.78 Å². The van der Waals surface area contributed by atoms with E-state index in [9.17, 15) is 13.6 Å². The molecule has 0 aliphatic rings. The Morgan fingerprint density at radius 1 is 1.36 bits per heavy atom. The van der Waals surface area contributed by atoms with E-state index in [0.717, 1.165) is 0 Å². The molecule has 4 aromatic rings. The van der Waals surface area contributed by atoms with Crippen molar-refractivity contribution >= 4 is 34.2 Å². The van der Waals surface area contributed by atoms with E-state index in [1.165, 1.54) is 24.5 Å². The monoisotopic (exact) mass is 496 g/mol. The summed E-state index contributed by atoms with van der Waals surface area (Å²) in [6, 6.07) is 4.54. The van der Waals surface area contributed by atoms with Crippen LogP contribution in [0.5, 0.6) is 5.75 Å². The molecule has 0 aliphatic carbocycles. The molecule has 4 rings (SSSR count). The Bertz CT molecular complexity index is 1480. The van der Waals surface area contributed by atoms with Gasteiger partial charge in [-0.1, -0.05) is 0 Å². The number of nitrogens with zero attached hydrogens (tertiary/aromatic N) is 5. The molecule has 0 fully saturated rings. The molecule has 3 aromatic heterocycles. The Labute approximate surface area is 205 Å². The highest BCUT2D eigenvalue weighted by Crippen LogP contribution is 2.32. The zero-order valence-corrected chi connectivity index (χ0v) is 20.2. The van der Waals surface area contributed by atoms with Gasteiger partial charge in [-0.2, -0.15) is 13.9 Å². The van der Waals surface area contributed by atoms with Gasteiger partial charge in [-0.25, -0.2) is 9.97 Å². The molecule has 10 nitrogen and oxygen atoms in total. The van der Waals surface area contributed by atoms with Crippen LogP contribution in [0.25, 0.3) is 33.5 Å². The normalized spacial score (nSPS) is 12.8. The van der Waals surface area contributed by atoms with Gasteiger partial charge in [0.1, 0.15) is 22.7 Å². The van der Waals surface area contributed by atoms with E-state index >= 15 is 0 Å². The summed E-state index contributed by atoms with van der Waals surface area (Å²) in [5, 5.41) is 8.10. The van der Waals surface area contributed by atoms with Gasteiger partial charge in [-0.15, -0.1) is 0 Å². The lowest BCUT2D eigenvalue weighted by atomic mass is 10.1. The highest BCUT2D eigenvalue weighted by molar-refractivity contribution is 6.05. The van der Waals surface area contributed by atoms with Gasteiger partial charge in [0.15, 0.2) is 5.65 Å². The van der Waals surface area contributed by atoms with Crippen molar-refractivity contribution in [1.29, 1.82) is 0 Å². The van der Waals surface area contributed by atoms with E-state index in [2.05, 4.69) is 35.1 Å². The van der Waals surface area contributed by atoms with Crippen LogP contribution in [-0.2, 0) is 6.54 Å². The maximum absolute atomic E-state index is 12.9. The SMILES string of the molecule is CN=CC(=CN)Cn1nc(-c2cnc3[nH]cc(C(=O)NC(C)(C)C)c3n2)c2cc(OC(F)F)ccc21. The van der Waals surface area contributed by atoms with Gasteiger partial charge in [-0.05, 0) is 39.0 Å². The minimum Gasteiger partial charge on any atom is -0.435 e. The zero-order chi connectivity index (χ0) is 26.0. The summed E-state index contributed by atoms with van der Waals surface area (Å²) in [4.78, 5) is 28.8. The molecule has 0 radical (unpaired) electrons. The number of hydrogen-bond donors (Lipinski definition) is 3. The first-order valence-electron chi connectivity index (χ1n) is 11.0. The maximum atomic E-state index is 12.9. The predicted molar refractivity (Wildman–Crippen MR) is 133 cm³/mol. The van der Waals surface area contributed by atoms with E-state index in [-0.39, 0.29) is 18.2 Å². The summed E-state index contributed by atoms with van der Waals surface area (Å²) in [5.41, 5.74) is 8.45. The number of alkyl halides is 2. The van der Waals surface area contributed by atoms with Crippen LogP contribution in [-0.4, -0.2) is 56.1 Å². The van der Waals surface area contributed by atoms with E-state index in [4.69, 9.17) is 5.73 Å². The van der Waals surface area contributed by atoms with E-state index < -0.39 is 12.2 Å². The van der Waals surface area contributed by atoms with Crippen LogP contribution in [0.2, 0.25) is 0 Å². The van der Waals surface area contributed by atoms with Crippen LogP contribution in [0.15, 0.2) is 47.4 Å². The number of carbonyl (C=O) groups excluding carboxylic acids is 1. The minimum absolute atomic E-state index is 0.0241. The van der Waals surface area contributed by atoms with Crippen molar-refractivity contribution in [3.8, 4) is 17.1 Å². The molecule has 12 heteroatoms. The van der Waals surface area contributed by atoms with Crippen molar-refractivity contribution in [2.45, 2.75) is 39.5 Å². The first kappa shape index (κ1) is 24.8. The standard InChI is InChI=1S/C24H26F2N8O2/c1-24(2,3)32-22(35)16-10-29-21-20(16)31-17(11-30-21)19-15-7-14(36-23(25)26)5-6-18(15)34(33-19)12-13(8-27)9-28-4/h5-11,23H,12,27H2,1-4H3,(H,29,30)(H,32,35). The van der Waals surface area contributed by atoms with Gasteiger partial charge in [0.05, 0.1) is 23.8 Å². The third-order valence-electron chi connectivity index (χ3n) is 5.15. The highest BCUT2D eigenvalue weighted by atomic mass is 19.3. The summed E-state index contributed by atoms with van der Waals surface area (Å²) in [6.07, 6.45) is 6.07. The lowest BCUT2D eigenvalue weighted by Gasteiger charge is -2.19. The fourth-order valence-corrected chi connectivity index (χ4v) is 3.71. The van der Waals surface area contributed by atoms with Gasteiger partial charge in [0.2, 0.25) is 0 Å². The lowest BCUT2D eigenvalue weighted by Crippen LogP contribution is -2.40. The molecule has 1 aromatic carbocycles. The largest absolute Gasteiger partial charge is 0.435 e. The van der Waals surface area contributed by atoms with Gasteiger partial charge >= 0.3 is 6.61 Å². The first-order chi connectivity index (χ1) is 17.1. The molecule has 188 valence electrons. The summed E-state index contributed by atoms with van der Waals surface area (Å²) < 4.78 is 32.0. The minimum atomic E-state index is -2.98. The molecule has 0 saturated heterocycles. The van der Waals surface area contributed by atoms with Crippen molar-refractivity contribution in [3.63, 3.8) is 0 Å². The number of allylic oxidation sites excluding steroid dienone is 1. The second-order valence-corrected chi connectivity index (χ2v) is 9.05. The van der Waals surface area contributed by atoms with Gasteiger partial charge < -0.3 is 20.8 Å². The molecule has 1 amide bonds. The number of aromatic nitrogens is 5. The van der Waals surface area contributed by atoms with Crippen molar-refractivity contribution in [2.75, 3.05) is 7.05 Å². The van der Waals surface area contributed by atoms with E-state index in [0.29, 0.717) is 44.6 Å². The Morgan fingerprint density at radius 2 is 2.14 bits per heavy atom. The zero-order valence-electron chi connectivity index (χ0n) is 20.2. The first-order valence-corrected chi connectivity index (χ1v) is 11.0. The Kier molecular flexibility index (Phi) is 6.69. The number of halogens is 2. The number of ether oxygens (including phenoxy) is 1. The van der Waals surface area contributed by atoms with Crippen LogP contribution >= 0.6 is 0 Å². The van der Waals surface area contributed by atoms with Crippen molar-refractivity contribution < 1.29 is 18.3 Å². The van der Waals surface area contributed by atoms with E-state index in [1.807, 2.05) is 20.8 Å². The second kappa shape index (κ2) is 9.72. The molecule has 4 N–H and O–H groups in total. The number of H-pyrrole nitrogens is 1. The molecular formula is C24H26F2N8O2. The number of nitrogens with two attached hydrogens (primary N) is 1. The molecule has 0 spiro atoms. The molecule has 36 heavy (non-hydrogen) atoms. The molecule has 0 aliphatic heterocycles. The van der Waals surface area contributed by atoms with Gasteiger partial charge in [-0.3, -0.25) is 14.5 Å². The van der Waals surface area contributed by atoms with Crippen molar-refractivity contribution in [3.05, 3.63) is 47.9 Å². The number of aromatic amines is 1. The lowest BCUT2D eigenvalue weighted by molar-refractivity contribution is -0.0497. The summed E-state index contributed by atoms with van der Waals surface area (Å²) in [6.45, 7) is 2.93. The van der Waals surface area contributed by atoms with Crippen molar-refractivity contribution in [2.24, 2.45) is 10.7 Å². The highest BCUT2D eigenvalue weighted by Gasteiger charge is 2.22. The molecule has 0 bridgehead atoms. The maximum Gasteiger partial charge on any atom is 0.387 e. The number of benzene rings is 1. The average molecular weight is 497 g/mol. The third-order valence-corrected chi connectivity index (χ3v) is 5.15. The second-order valence-electron chi connectivity index (χ2n) is 9.05. The summed E-state index contributed by atoms with van der Waals surface area (Å²) >= 11 is 0.